The zero-order chi connectivity index (χ0) is 20.2. The third-order valence-electron chi connectivity index (χ3n) is 5.27. The van der Waals surface area contributed by atoms with Gasteiger partial charge in [0.15, 0.2) is 0 Å². The Morgan fingerprint density at radius 1 is 1.24 bits per heavy atom. The summed E-state index contributed by atoms with van der Waals surface area (Å²) in [5.41, 5.74) is 4.67. The number of carbonyl (C=O) groups excluding carboxylic acids is 1. The minimum absolute atomic E-state index is 0.0356. The fraction of sp³-hybridized carbons (Fsp3) is 0.333. The van der Waals surface area contributed by atoms with Gasteiger partial charge in [-0.2, -0.15) is 5.10 Å². The molecule has 0 bridgehead atoms. The molecule has 0 radical (unpaired) electrons. The highest BCUT2D eigenvalue weighted by Crippen LogP contribution is 2.39. The maximum absolute atomic E-state index is 12.1. The summed E-state index contributed by atoms with van der Waals surface area (Å²) in [6, 6.07) is 9.52. The number of nitrogens with one attached hydrogen (secondary N) is 1. The zero-order valence-electron chi connectivity index (χ0n) is 16.1. The predicted molar refractivity (Wildman–Crippen MR) is 110 cm³/mol. The van der Waals surface area contributed by atoms with E-state index in [0.717, 1.165) is 41.1 Å². The summed E-state index contributed by atoms with van der Waals surface area (Å²) < 4.78 is 4.98. The maximum Gasteiger partial charge on any atom is 0.248 e. The second-order valence-corrected chi connectivity index (χ2v) is 7.49. The van der Waals surface area contributed by atoms with Crippen LogP contribution in [-0.4, -0.2) is 57.8 Å². The number of methoxy groups -OCH3 is 1. The molecular weight excluding hydrogens is 390 g/mol. The second kappa shape index (κ2) is 8.71. The number of hydrogen-bond donors (Lipinski definition) is 1. The first-order chi connectivity index (χ1) is 14.2. The van der Waals surface area contributed by atoms with Gasteiger partial charge in [-0.1, -0.05) is 23.7 Å². The minimum Gasteiger partial charge on any atom is -0.375 e. The van der Waals surface area contributed by atoms with E-state index in [-0.39, 0.29) is 18.4 Å². The number of rotatable bonds is 5. The SMILES string of the molecule is COCC(=O)N1CCC(c2[nH]nc(-c3ccc(Cl)cc3)c2-c2ccncn2)CC1. The van der Waals surface area contributed by atoms with E-state index in [4.69, 9.17) is 16.3 Å². The van der Waals surface area contributed by atoms with Crippen molar-refractivity contribution in [3.05, 3.63) is 53.6 Å². The molecule has 3 heterocycles. The van der Waals surface area contributed by atoms with Gasteiger partial charge in [0, 0.05) is 54.2 Å². The van der Waals surface area contributed by atoms with Crippen LogP contribution in [0.2, 0.25) is 5.02 Å². The van der Waals surface area contributed by atoms with Gasteiger partial charge in [-0.3, -0.25) is 9.89 Å². The molecular formula is C21H22ClN5O2. The molecule has 4 rings (SSSR count). The summed E-state index contributed by atoms with van der Waals surface area (Å²) in [5.74, 6) is 0.300. The molecule has 1 aliphatic rings. The van der Waals surface area contributed by atoms with Crippen molar-refractivity contribution in [2.24, 2.45) is 0 Å². The average molecular weight is 412 g/mol. The van der Waals surface area contributed by atoms with Gasteiger partial charge in [0.25, 0.3) is 0 Å². The first-order valence-corrected chi connectivity index (χ1v) is 9.92. The van der Waals surface area contributed by atoms with Crippen LogP contribution in [0.1, 0.15) is 24.5 Å². The molecule has 0 saturated carbocycles. The predicted octanol–water partition coefficient (Wildman–Crippen LogP) is 3.54. The van der Waals surface area contributed by atoms with Crippen LogP contribution in [0, 0.1) is 0 Å². The first kappa shape index (κ1) is 19.5. The summed E-state index contributed by atoms with van der Waals surface area (Å²) in [6.07, 6.45) is 4.99. The van der Waals surface area contributed by atoms with Gasteiger partial charge in [-0.15, -0.1) is 0 Å². The van der Waals surface area contributed by atoms with Gasteiger partial charge in [0.05, 0.1) is 5.69 Å². The number of aromatic nitrogens is 4. The van der Waals surface area contributed by atoms with E-state index in [1.165, 1.54) is 0 Å². The number of halogens is 1. The summed E-state index contributed by atoms with van der Waals surface area (Å²) >= 11 is 6.05. The Bertz CT molecular complexity index is 966. The molecule has 0 aliphatic carbocycles. The molecule has 150 valence electrons. The van der Waals surface area contributed by atoms with Gasteiger partial charge in [-0.05, 0) is 31.0 Å². The fourth-order valence-corrected chi connectivity index (χ4v) is 3.92. The Morgan fingerprint density at radius 2 is 2.00 bits per heavy atom. The van der Waals surface area contributed by atoms with Crippen LogP contribution in [0.15, 0.2) is 42.9 Å². The highest BCUT2D eigenvalue weighted by atomic mass is 35.5. The molecule has 8 heteroatoms. The van der Waals surface area contributed by atoms with Crippen molar-refractivity contribution < 1.29 is 9.53 Å². The van der Waals surface area contributed by atoms with E-state index in [1.807, 2.05) is 35.2 Å². The summed E-state index contributed by atoms with van der Waals surface area (Å²) in [6.45, 7) is 1.53. The fourth-order valence-electron chi connectivity index (χ4n) is 3.80. The Hall–Kier alpha value is -2.77. The summed E-state index contributed by atoms with van der Waals surface area (Å²) in [5, 5.41) is 8.56. The van der Waals surface area contributed by atoms with E-state index in [2.05, 4.69) is 20.2 Å². The Kier molecular flexibility index (Phi) is 5.87. The molecule has 1 amide bonds. The van der Waals surface area contributed by atoms with Gasteiger partial charge in [0.1, 0.15) is 18.6 Å². The number of likely N-dealkylation sites (tertiary alicyclic amines) is 1. The molecule has 1 aromatic carbocycles. The number of carbonyl (C=O) groups is 1. The van der Waals surface area contributed by atoms with E-state index in [0.29, 0.717) is 18.1 Å². The van der Waals surface area contributed by atoms with Crippen LogP contribution in [0.3, 0.4) is 0 Å². The third-order valence-corrected chi connectivity index (χ3v) is 5.53. The topological polar surface area (TPSA) is 84.0 Å². The first-order valence-electron chi connectivity index (χ1n) is 9.54. The number of benzene rings is 1. The number of aromatic amines is 1. The lowest BCUT2D eigenvalue weighted by Crippen LogP contribution is -2.39. The highest BCUT2D eigenvalue weighted by Gasteiger charge is 2.29. The quantitative estimate of drug-likeness (QED) is 0.694. The molecule has 7 nitrogen and oxygen atoms in total. The molecule has 2 aromatic heterocycles. The monoisotopic (exact) mass is 411 g/mol. The lowest BCUT2D eigenvalue weighted by molar-refractivity contribution is -0.136. The van der Waals surface area contributed by atoms with Crippen LogP contribution in [0.5, 0.6) is 0 Å². The molecule has 0 atom stereocenters. The third kappa shape index (κ3) is 4.16. The van der Waals surface area contributed by atoms with Gasteiger partial charge < -0.3 is 9.64 Å². The zero-order valence-corrected chi connectivity index (χ0v) is 16.9. The van der Waals surface area contributed by atoms with Gasteiger partial charge >= 0.3 is 0 Å². The van der Waals surface area contributed by atoms with Crippen LogP contribution >= 0.6 is 11.6 Å². The lowest BCUT2D eigenvalue weighted by Gasteiger charge is -2.31. The Balaban J connectivity index is 1.66. The van der Waals surface area contributed by atoms with E-state index in [1.54, 1.807) is 19.6 Å². The molecule has 3 aromatic rings. The van der Waals surface area contributed by atoms with Crippen LogP contribution in [0.4, 0.5) is 0 Å². The van der Waals surface area contributed by atoms with Crippen LogP contribution in [-0.2, 0) is 9.53 Å². The smallest absolute Gasteiger partial charge is 0.248 e. The molecule has 1 aliphatic heterocycles. The Labute approximate surface area is 174 Å². The molecule has 0 spiro atoms. The number of hydrogen-bond acceptors (Lipinski definition) is 5. The standard InChI is InChI=1S/C21H22ClN5O2/c1-29-12-18(28)27-10-7-15(8-11-27)21-19(17-6-9-23-13-24-17)20(25-26-21)14-2-4-16(22)5-3-14/h2-6,9,13,15H,7-8,10-12H2,1H3,(H,25,26). The van der Waals surface area contributed by atoms with Crippen molar-refractivity contribution in [2.45, 2.75) is 18.8 Å². The number of amides is 1. The van der Waals surface area contributed by atoms with Crippen molar-refractivity contribution in [2.75, 3.05) is 26.8 Å². The second-order valence-electron chi connectivity index (χ2n) is 7.05. The molecule has 1 fully saturated rings. The summed E-state index contributed by atoms with van der Waals surface area (Å²) in [4.78, 5) is 22.5. The average Bonchev–Trinajstić information content (AvgIpc) is 3.20. The molecule has 29 heavy (non-hydrogen) atoms. The number of nitrogens with zero attached hydrogens (tertiary/aromatic N) is 4. The van der Waals surface area contributed by atoms with Gasteiger partial charge in [0.2, 0.25) is 5.91 Å². The lowest BCUT2D eigenvalue weighted by atomic mass is 9.89. The van der Waals surface area contributed by atoms with E-state index < -0.39 is 0 Å². The highest BCUT2D eigenvalue weighted by molar-refractivity contribution is 6.30. The van der Waals surface area contributed by atoms with Crippen molar-refractivity contribution in [1.82, 2.24) is 25.1 Å². The van der Waals surface area contributed by atoms with Crippen molar-refractivity contribution in [3.8, 4) is 22.5 Å². The van der Waals surface area contributed by atoms with Crippen molar-refractivity contribution in [1.29, 1.82) is 0 Å². The molecule has 1 N–H and O–H groups in total. The number of piperidine rings is 1. The van der Waals surface area contributed by atoms with Crippen molar-refractivity contribution in [3.63, 3.8) is 0 Å². The van der Waals surface area contributed by atoms with Gasteiger partial charge in [-0.25, -0.2) is 9.97 Å². The molecule has 1 saturated heterocycles. The Morgan fingerprint density at radius 3 is 2.66 bits per heavy atom. The maximum atomic E-state index is 12.1. The van der Waals surface area contributed by atoms with E-state index in [9.17, 15) is 4.79 Å². The van der Waals surface area contributed by atoms with Crippen molar-refractivity contribution >= 4 is 17.5 Å². The summed E-state index contributed by atoms with van der Waals surface area (Å²) in [7, 11) is 1.54. The van der Waals surface area contributed by atoms with E-state index >= 15 is 0 Å². The number of ether oxygens (including phenoxy) is 1. The van der Waals surface area contributed by atoms with Crippen LogP contribution in [0.25, 0.3) is 22.5 Å². The number of H-pyrrole nitrogens is 1. The largest absolute Gasteiger partial charge is 0.375 e. The minimum atomic E-state index is 0.0356. The normalized spacial score (nSPS) is 14.9. The molecule has 0 unspecified atom stereocenters. The van der Waals surface area contributed by atoms with Crippen LogP contribution < -0.4 is 0 Å².